The highest BCUT2D eigenvalue weighted by Crippen LogP contribution is 2.44. The number of aliphatic hydroxyl groups is 1. The normalized spacial score (nSPS) is 31.6. The zero-order valence-electron chi connectivity index (χ0n) is 11.1. The lowest BCUT2D eigenvalue weighted by molar-refractivity contribution is -0.102. The molecule has 0 bridgehead atoms. The lowest BCUT2D eigenvalue weighted by Crippen LogP contribution is -2.41. The molecule has 2 nitrogen and oxygen atoms in total. The molecular weight excluding hydrogens is 407 g/mol. The van der Waals surface area contributed by atoms with Gasteiger partial charge in [0.25, 0.3) is 0 Å². The van der Waals surface area contributed by atoms with E-state index in [9.17, 15) is 5.11 Å². The zero-order valence-corrected chi connectivity index (χ0v) is 14.9. The maximum Gasteiger partial charge on any atom is 0.0820 e. The van der Waals surface area contributed by atoms with Crippen molar-refractivity contribution >= 4 is 46.0 Å². The molecule has 2 heterocycles. The Hall–Kier alpha value is 0.510. The quantitative estimate of drug-likeness (QED) is 0.719. The van der Waals surface area contributed by atoms with Gasteiger partial charge in [0.1, 0.15) is 0 Å². The van der Waals surface area contributed by atoms with Crippen LogP contribution in [0.5, 0.6) is 0 Å². The maximum atomic E-state index is 10.7. The highest BCUT2D eigenvalue weighted by atomic mass is 127. The minimum Gasteiger partial charge on any atom is -0.388 e. The van der Waals surface area contributed by atoms with Crippen LogP contribution < -0.4 is 0 Å². The molecule has 1 N–H and O–H groups in total. The van der Waals surface area contributed by atoms with Crippen molar-refractivity contribution in [3.05, 3.63) is 32.4 Å². The van der Waals surface area contributed by atoms with Crippen molar-refractivity contribution in [2.45, 2.75) is 31.0 Å². The second-order valence-electron chi connectivity index (χ2n) is 5.71. The number of rotatable bonds is 2. The largest absolute Gasteiger partial charge is 0.388 e. The fourth-order valence-corrected chi connectivity index (χ4v) is 5.07. The topological polar surface area (TPSA) is 29.5 Å². The summed E-state index contributed by atoms with van der Waals surface area (Å²) < 4.78 is 7.05. The first kappa shape index (κ1) is 15.4. The van der Waals surface area contributed by atoms with E-state index in [4.69, 9.17) is 16.3 Å². The van der Waals surface area contributed by atoms with Gasteiger partial charge in [0.2, 0.25) is 0 Å². The van der Waals surface area contributed by atoms with Crippen LogP contribution in [0.25, 0.3) is 0 Å². The lowest BCUT2D eigenvalue weighted by Gasteiger charge is -2.39. The molecule has 5 heteroatoms. The summed E-state index contributed by atoms with van der Waals surface area (Å²) in [5, 5.41) is 11.4. The van der Waals surface area contributed by atoms with E-state index in [0.29, 0.717) is 0 Å². The molecule has 3 unspecified atom stereocenters. The maximum absolute atomic E-state index is 10.7. The standard InChI is InChI=1S/C15H18ClIO2S/c16-12-7-10(1-2-13(12)17)14(18)11-3-5-19-15(8-11)4-6-20-9-15/h1-2,7,11,14,18H,3-6,8-9H2. The molecule has 2 saturated heterocycles. The van der Waals surface area contributed by atoms with Crippen molar-refractivity contribution in [2.75, 3.05) is 18.1 Å². The molecule has 110 valence electrons. The molecular formula is C15H18ClIO2S. The fraction of sp³-hybridized carbons (Fsp3) is 0.600. The highest BCUT2D eigenvalue weighted by molar-refractivity contribution is 14.1. The molecule has 0 amide bonds. The minimum absolute atomic E-state index is 0.0154. The van der Waals surface area contributed by atoms with Crippen LogP contribution in [-0.2, 0) is 4.74 Å². The smallest absolute Gasteiger partial charge is 0.0820 e. The molecule has 1 aromatic rings. The molecule has 0 radical (unpaired) electrons. The van der Waals surface area contributed by atoms with Gasteiger partial charge in [-0.15, -0.1) is 0 Å². The van der Waals surface area contributed by atoms with Crippen LogP contribution in [0, 0.1) is 9.49 Å². The summed E-state index contributed by atoms with van der Waals surface area (Å²) in [6.07, 6.45) is 2.58. The summed E-state index contributed by atoms with van der Waals surface area (Å²) in [6.45, 7) is 0.764. The Balaban J connectivity index is 1.75. The van der Waals surface area contributed by atoms with Gasteiger partial charge < -0.3 is 9.84 Å². The zero-order chi connectivity index (χ0) is 14.2. The van der Waals surface area contributed by atoms with Crippen molar-refractivity contribution in [1.82, 2.24) is 0 Å². The number of thioether (sulfide) groups is 1. The SMILES string of the molecule is OC(c1ccc(I)c(Cl)c1)C1CCOC2(CCSC2)C1. The van der Waals surface area contributed by atoms with Gasteiger partial charge in [-0.1, -0.05) is 17.7 Å². The summed E-state index contributed by atoms with van der Waals surface area (Å²) in [4.78, 5) is 0. The predicted molar refractivity (Wildman–Crippen MR) is 92.5 cm³/mol. The van der Waals surface area contributed by atoms with Gasteiger partial charge in [0.05, 0.1) is 16.7 Å². The molecule has 2 aliphatic heterocycles. The van der Waals surface area contributed by atoms with Crippen molar-refractivity contribution in [3.63, 3.8) is 0 Å². The van der Waals surface area contributed by atoms with Crippen molar-refractivity contribution in [3.8, 4) is 0 Å². The molecule has 1 spiro atoms. The van der Waals surface area contributed by atoms with Crippen LogP contribution in [-0.4, -0.2) is 28.8 Å². The summed E-state index contributed by atoms with van der Waals surface area (Å²) in [7, 11) is 0. The van der Waals surface area contributed by atoms with Crippen LogP contribution in [0.15, 0.2) is 18.2 Å². The molecule has 3 rings (SSSR count). The van der Waals surface area contributed by atoms with Gasteiger partial charge >= 0.3 is 0 Å². The molecule has 1 aromatic carbocycles. The first-order chi connectivity index (χ1) is 9.60. The molecule has 2 fully saturated rings. The second-order valence-corrected chi connectivity index (χ2v) is 8.38. The third-order valence-electron chi connectivity index (χ3n) is 4.33. The van der Waals surface area contributed by atoms with Crippen LogP contribution in [0.3, 0.4) is 0 Å². The first-order valence-electron chi connectivity index (χ1n) is 6.94. The van der Waals surface area contributed by atoms with Crippen LogP contribution in [0.1, 0.15) is 30.9 Å². The monoisotopic (exact) mass is 424 g/mol. The van der Waals surface area contributed by atoms with Gasteiger partial charge in [-0.25, -0.2) is 0 Å². The summed E-state index contributed by atoms with van der Waals surface area (Å²) in [5.41, 5.74) is 0.949. The van der Waals surface area contributed by atoms with Crippen LogP contribution in [0.2, 0.25) is 5.02 Å². The Morgan fingerprint density at radius 1 is 1.50 bits per heavy atom. The lowest BCUT2D eigenvalue weighted by atomic mass is 9.80. The highest BCUT2D eigenvalue weighted by Gasteiger charge is 2.42. The van der Waals surface area contributed by atoms with Crippen LogP contribution >= 0.6 is 46.0 Å². The van der Waals surface area contributed by atoms with Gasteiger partial charge in [-0.3, -0.25) is 0 Å². The summed E-state index contributed by atoms with van der Waals surface area (Å²) >= 11 is 10.3. The average molecular weight is 425 g/mol. The van der Waals surface area contributed by atoms with Crippen molar-refractivity contribution < 1.29 is 9.84 Å². The predicted octanol–water partition coefficient (Wildman–Crippen LogP) is 4.28. The Morgan fingerprint density at radius 2 is 2.35 bits per heavy atom. The van der Waals surface area contributed by atoms with Gasteiger partial charge in [-0.05, 0) is 71.2 Å². The Kier molecular flexibility index (Phi) is 4.87. The van der Waals surface area contributed by atoms with E-state index in [1.54, 1.807) is 0 Å². The Morgan fingerprint density at radius 3 is 3.05 bits per heavy atom. The average Bonchev–Trinajstić information content (AvgIpc) is 2.89. The van der Waals surface area contributed by atoms with E-state index >= 15 is 0 Å². The number of hydrogen-bond donors (Lipinski definition) is 1. The van der Waals surface area contributed by atoms with Gasteiger partial charge in [-0.2, -0.15) is 11.8 Å². The minimum atomic E-state index is -0.434. The third kappa shape index (κ3) is 3.14. The Labute approximate surface area is 142 Å². The first-order valence-corrected chi connectivity index (χ1v) is 9.55. The summed E-state index contributed by atoms with van der Waals surface area (Å²) in [5.74, 6) is 2.53. The van der Waals surface area contributed by atoms with Gasteiger partial charge in [0.15, 0.2) is 0 Å². The van der Waals surface area contributed by atoms with E-state index in [0.717, 1.165) is 45.8 Å². The van der Waals surface area contributed by atoms with Gasteiger partial charge in [0, 0.05) is 15.9 Å². The van der Waals surface area contributed by atoms with Crippen molar-refractivity contribution in [2.24, 2.45) is 5.92 Å². The number of ether oxygens (including phenoxy) is 1. The second kappa shape index (κ2) is 6.32. The Bertz CT molecular complexity index is 491. The van der Waals surface area contributed by atoms with Crippen LogP contribution in [0.4, 0.5) is 0 Å². The molecule has 20 heavy (non-hydrogen) atoms. The molecule has 0 aliphatic carbocycles. The third-order valence-corrected chi connectivity index (χ3v) is 7.13. The number of benzene rings is 1. The molecule has 0 aromatic heterocycles. The van der Waals surface area contributed by atoms with Crippen molar-refractivity contribution in [1.29, 1.82) is 0 Å². The molecule has 3 atom stereocenters. The summed E-state index contributed by atoms with van der Waals surface area (Å²) in [6, 6.07) is 5.87. The van der Waals surface area contributed by atoms with E-state index in [1.165, 1.54) is 5.75 Å². The van der Waals surface area contributed by atoms with E-state index in [-0.39, 0.29) is 11.5 Å². The van der Waals surface area contributed by atoms with E-state index in [1.807, 2.05) is 30.0 Å². The fourth-order valence-electron chi connectivity index (χ4n) is 3.17. The molecule has 0 saturated carbocycles. The number of hydrogen-bond acceptors (Lipinski definition) is 3. The number of aliphatic hydroxyl groups excluding tert-OH is 1. The van der Waals surface area contributed by atoms with E-state index < -0.39 is 6.10 Å². The van der Waals surface area contributed by atoms with E-state index in [2.05, 4.69) is 22.6 Å². The number of halogens is 2. The molecule has 2 aliphatic rings.